The minimum Gasteiger partial charge on any atom is -0.444 e. The molecule has 0 saturated heterocycles. The third-order valence-electron chi connectivity index (χ3n) is 6.17. The molecule has 1 heterocycles. The van der Waals surface area contributed by atoms with Crippen LogP contribution in [0.25, 0.3) is 10.9 Å². The summed E-state index contributed by atoms with van der Waals surface area (Å²) in [4.78, 5) is 29.4. The van der Waals surface area contributed by atoms with Gasteiger partial charge in [-0.2, -0.15) is 0 Å². The van der Waals surface area contributed by atoms with Crippen LogP contribution in [0.5, 0.6) is 0 Å². The molecule has 1 aromatic heterocycles. The molecular formula is C25H32BrN3O3. The van der Waals surface area contributed by atoms with Crippen LogP contribution in [0.4, 0.5) is 10.5 Å². The van der Waals surface area contributed by atoms with E-state index in [2.05, 4.69) is 31.5 Å². The lowest BCUT2D eigenvalue weighted by molar-refractivity contribution is 0.0515. The smallest absolute Gasteiger partial charge is 0.407 e. The zero-order chi connectivity index (χ0) is 22.9. The van der Waals surface area contributed by atoms with E-state index in [1.54, 1.807) is 6.20 Å². The third-order valence-corrected chi connectivity index (χ3v) is 6.67. The van der Waals surface area contributed by atoms with E-state index in [0.717, 1.165) is 59.6 Å². The van der Waals surface area contributed by atoms with Crippen LogP contribution in [0.3, 0.4) is 0 Å². The van der Waals surface area contributed by atoms with Gasteiger partial charge in [-0.1, -0.05) is 15.9 Å². The highest BCUT2D eigenvalue weighted by Gasteiger charge is 2.33. The Bertz CT molecular complexity index is 1010. The van der Waals surface area contributed by atoms with E-state index in [0.29, 0.717) is 24.1 Å². The van der Waals surface area contributed by atoms with Gasteiger partial charge >= 0.3 is 6.09 Å². The molecular weight excluding hydrogens is 470 g/mol. The molecule has 0 atom stereocenters. The van der Waals surface area contributed by atoms with E-state index in [1.165, 1.54) is 0 Å². The van der Waals surface area contributed by atoms with Crippen LogP contribution in [0.2, 0.25) is 0 Å². The standard InChI is InChI=1S/C25H32BrN3O3/c1-25(2,3)32-24(31)28-13-15-4-9-18(10-5-15)29-22-19-12-17(26)8-11-21(19)27-14-20(22)23(30)16-6-7-16/h8,11-12,14-16,18H,4-7,9-10,13H2,1-3H3,(H,27,29)(H,28,31). The lowest BCUT2D eigenvalue weighted by Gasteiger charge is -2.31. The van der Waals surface area contributed by atoms with Crippen LogP contribution in [0.1, 0.15) is 69.7 Å². The number of halogens is 1. The zero-order valence-corrected chi connectivity index (χ0v) is 20.6. The first-order valence-electron chi connectivity index (χ1n) is 11.6. The summed E-state index contributed by atoms with van der Waals surface area (Å²) >= 11 is 3.56. The maximum Gasteiger partial charge on any atom is 0.407 e. The predicted octanol–water partition coefficient (Wildman–Crippen LogP) is 6.09. The van der Waals surface area contributed by atoms with E-state index in [9.17, 15) is 9.59 Å². The van der Waals surface area contributed by atoms with Crippen molar-refractivity contribution in [3.63, 3.8) is 0 Å². The van der Waals surface area contributed by atoms with Gasteiger partial charge in [0.05, 0.1) is 16.8 Å². The molecule has 2 aromatic rings. The van der Waals surface area contributed by atoms with Crippen molar-refractivity contribution < 1.29 is 14.3 Å². The molecule has 6 nitrogen and oxygen atoms in total. The maximum absolute atomic E-state index is 13.0. The predicted molar refractivity (Wildman–Crippen MR) is 130 cm³/mol. The van der Waals surface area contributed by atoms with E-state index in [4.69, 9.17) is 4.74 Å². The number of amides is 1. The summed E-state index contributed by atoms with van der Waals surface area (Å²) in [5.41, 5.74) is 2.04. The molecule has 0 unspecified atom stereocenters. The summed E-state index contributed by atoms with van der Waals surface area (Å²) in [7, 11) is 0. The third kappa shape index (κ3) is 5.80. The number of anilines is 1. The average Bonchev–Trinajstić information content (AvgIpc) is 3.57. The van der Waals surface area contributed by atoms with Crippen molar-refractivity contribution in [3.05, 3.63) is 34.4 Å². The van der Waals surface area contributed by atoms with E-state index in [-0.39, 0.29) is 17.8 Å². The number of alkyl carbamates (subject to hydrolysis) is 1. The molecule has 0 radical (unpaired) electrons. The molecule has 2 fully saturated rings. The Morgan fingerprint density at radius 1 is 1.12 bits per heavy atom. The Labute approximate surface area is 198 Å². The van der Waals surface area contributed by atoms with Crippen LogP contribution in [0.15, 0.2) is 28.9 Å². The highest BCUT2D eigenvalue weighted by Crippen LogP contribution is 2.38. The molecule has 4 rings (SSSR count). The Kier molecular flexibility index (Phi) is 6.75. The number of carbonyl (C=O) groups is 2. The number of aromatic nitrogens is 1. The lowest BCUT2D eigenvalue weighted by Crippen LogP contribution is -2.37. The summed E-state index contributed by atoms with van der Waals surface area (Å²) in [5, 5.41) is 7.60. The van der Waals surface area contributed by atoms with Crippen molar-refractivity contribution in [1.82, 2.24) is 10.3 Å². The molecule has 2 saturated carbocycles. The fraction of sp³-hybridized carbons (Fsp3) is 0.560. The van der Waals surface area contributed by atoms with E-state index < -0.39 is 5.60 Å². The zero-order valence-electron chi connectivity index (χ0n) is 19.0. The molecule has 7 heteroatoms. The van der Waals surface area contributed by atoms with Crippen LogP contribution in [-0.4, -0.2) is 35.0 Å². The van der Waals surface area contributed by atoms with Gasteiger partial charge < -0.3 is 15.4 Å². The van der Waals surface area contributed by atoms with Gasteiger partial charge in [0.25, 0.3) is 0 Å². The van der Waals surface area contributed by atoms with Gasteiger partial charge in [-0.05, 0) is 83.4 Å². The second kappa shape index (κ2) is 9.38. The average molecular weight is 502 g/mol. The number of nitrogens with one attached hydrogen (secondary N) is 2. The number of carbonyl (C=O) groups excluding carboxylic acids is 2. The summed E-state index contributed by atoms with van der Waals surface area (Å²) in [5.74, 6) is 0.796. The SMILES string of the molecule is CC(C)(C)OC(=O)NCC1CCC(Nc2c(C(=O)C3CC3)cnc3ccc(Br)cc23)CC1. The fourth-order valence-electron chi connectivity index (χ4n) is 4.33. The van der Waals surface area contributed by atoms with Gasteiger partial charge in [0.2, 0.25) is 0 Å². The molecule has 1 amide bonds. The van der Waals surface area contributed by atoms with Crippen molar-refractivity contribution in [2.45, 2.75) is 70.9 Å². The Morgan fingerprint density at radius 2 is 1.84 bits per heavy atom. The molecule has 2 N–H and O–H groups in total. The Balaban J connectivity index is 1.42. The molecule has 172 valence electrons. The van der Waals surface area contributed by atoms with Crippen LogP contribution in [-0.2, 0) is 4.74 Å². The minimum absolute atomic E-state index is 0.150. The second-order valence-electron chi connectivity index (χ2n) is 10.1. The quantitative estimate of drug-likeness (QED) is 0.468. The number of fused-ring (bicyclic) bond motifs is 1. The van der Waals surface area contributed by atoms with E-state index in [1.807, 2.05) is 39.0 Å². The van der Waals surface area contributed by atoms with Crippen LogP contribution < -0.4 is 10.6 Å². The van der Waals surface area contributed by atoms with Crippen molar-refractivity contribution >= 4 is 44.4 Å². The first-order chi connectivity index (χ1) is 15.2. The number of nitrogens with zero attached hydrogens (tertiary/aromatic N) is 1. The summed E-state index contributed by atoms with van der Waals surface area (Å²) in [6.45, 7) is 6.24. The lowest BCUT2D eigenvalue weighted by atomic mass is 9.85. The molecule has 0 aliphatic heterocycles. The fourth-order valence-corrected chi connectivity index (χ4v) is 4.69. The van der Waals surface area contributed by atoms with Crippen LogP contribution in [0, 0.1) is 11.8 Å². The number of hydrogen-bond acceptors (Lipinski definition) is 5. The number of ketones is 1. The monoisotopic (exact) mass is 501 g/mol. The number of benzene rings is 1. The van der Waals surface area contributed by atoms with Gasteiger partial charge in [0.1, 0.15) is 5.60 Å². The maximum atomic E-state index is 13.0. The second-order valence-corrected chi connectivity index (χ2v) is 11.0. The minimum atomic E-state index is -0.483. The Hall–Kier alpha value is -2.15. The first kappa shape index (κ1) is 23.0. The molecule has 0 spiro atoms. The highest BCUT2D eigenvalue weighted by molar-refractivity contribution is 9.10. The van der Waals surface area contributed by atoms with Crippen molar-refractivity contribution in [1.29, 1.82) is 0 Å². The van der Waals surface area contributed by atoms with Crippen LogP contribution >= 0.6 is 15.9 Å². The van der Waals surface area contributed by atoms with Gasteiger partial charge in [-0.15, -0.1) is 0 Å². The normalized spacial score (nSPS) is 21.2. The molecule has 2 aliphatic rings. The van der Waals surface area contributed by atoms with Gasteiger partial charge in [0.15, 0.2) is 5.78 Å². The largest absolute Gasteiger partial charge is 0.444 e. The first-order valence-corrected chi connectivity index (χ1v) is 12.3. The summed E-state index contributed by atoms with van der Waals surface area (Å²) in [6, 6.07) is 6.30. The number of pyridine rings is 1. The number of Topliss-reactive ketones (excluding diaryl/α,β-unsaturated/α-hetero) is 1. The highest BCUT2D eigenvalue weighted by atomic mass is 79.9. The topological polar surface area (TPSA) is 80.3 Å². The molecule has 0 bridgehead atoms. The molecule has 32 heavy (non-hydrogen) atoms. The van der Waals surface area contributed by atoms with Crippen molar-refractivity contribution in [3.8, 4) is 0 Å². The summed E-state index contributed by atoms with van der Waals surface area (Å²) < 4.78 is 6.31. The van der Waals surface area contributed by atoms with E-state index >= 15 is 0 Å². The number of ether oxygens (including phenoxy) is 1. The number of rotatable bonds is 6. The van der Waals surface area contributed by atoms with Crippen molar-refractivity contribution in [2.75, 3.05) is 11.9 Å². The Morgan fingerprint density at radius 3 is 2.50 bits per heavy atom. The molecule has 1 aromatic carbocycles. The molecule has 2 aliphatic carbocycles. The van der Waals surface area contributed by atoms with Crippen molar-refractivity contribution in [2.24, 2.45) is 11.8 Å². The van der Waals surface area contributed by atoms with Gasteiger partial charge in [-0.25, -0.2) is 4.79 Å². The number of hydrogen-bond donors (Lipinski definition) is 2. The van der Waals surface area contributed by atoms with Gasteiger partial charge in [0, 0.05) is 34.6 Å². The summed E-state index contributed by atoms with van der Waals surface area (Å²) in [6.07, 6.45) is 7.38. The van der Waals surface area contributed by atoms with Gasteiger partial charge in [-0.3, -0.25) is 9.78 Å².